The highest BCUT2D eigenvalue weighted by Gasteiger charge is 2.09. The third-order valence-corrected chi connectivity index (χ3v) is 3.01. The maximum absolute atomic E-state index is 11.9. The first-order chi connectivity index (χ1) is 11.7. The lowest BCUT2D eigenvalue weighted by atomic mass is 10.2. The molecule has 0 aliphatic rings. The third-order valence-electron chi connectivity index (χ3n) is 3.01. The number of nitriles is 1. The summed E-state index contributed by atoms with van der Waals surface area (Å²) >= 11 is 0. The van der Waals surface area contributed by atoms with Crippen LogP contribution in [0.25, 0.3) is 0 Å². The molecule has 1 amide bonds. The first-order valence-corrected chi connectivity index (χ1v) is 6.95. The van der Waals surface area contributed by atoms with E-state index in [2.05, 4.69) is 10.5 Å². The fourth-order valence-corrected chi connectivity index (χ4v) is 1.89. The molecule has 2 rings (SSSR count). The molecule has 0 spiro atoms. The van der Waals surface area contributed by atoms with E-state index < -0.39 is 5.91 Å². The number of hydrazone groups is 1. The molecule has 0 atom stereocenters. The fourth-order valence-electron chi connectivity index (χ4n) is 1.89. The first kappa shape index (κ1) is 16.8. The Morgan fingerprint density at radius 3 is 2.83 bits per heavy atom. The van der Waals surface area contributed by atoms with Crippen molar-refractivity contribution < 1.29 is 19.4 Å². The van der Waals surface area contributed by atoms with Crippen molar-refractivity contribution >= 4 is 12.1 Å². The van der Waals surface area contributed by atoms with Crippen LogP contribution in [0.1, 0.15) is 15.9 Å². The van der Waals surface area contributed by atoms with Crippen LogP contribution in [-0.2, 0) is 0 Å². The number of carbonyl (C=O) groups excluding carboxylic acids is 1. The summed E-state index contributed by atoms with van der Waals surface area (Å²) in [6.07, 6.45) is 1.43. The Hall–Kier alpha value is -3.53. The van der Waals surface area contributed by atoms with Crippen molar-refractivity contribution in [2.45, 2.75) is 0 Å². The second-order valence-corrected chi connectivity index (χ2v) is 4.57. The highest BCUT2D eigenvalue weighted by Crippen LogP contribution is 2.27. The largest absolute Gasteiger partial charge is 0.507 e. The zero-order valence-electron chi connectivity index (χ0n) is 12.9. The number of benzene rings is 2. The van der Waals surface area contributed by atoms with Crippen LogP contribution in [0.4, 0.5) is 0 Å². The van der Waals surface area contributed by atoms with E-state index in [-0.39, 0.29) is 17.9 Å². The van der Waals surface area contributed by atoms with E-state index >= 15 is 0 Å². The van der Waals surface area contributed by atoms with E-state index in [1.54, 1.807) is 30.3 Å². The van der Waals surface area contributed by atoms with Crippen molar-refractivity contribution in [2.24, 2.45) is 5.10 Å². The van der Waals surface area contributed by atoms with Gasteiger partial charge in [0.25, 0.3) is 5.91 Å². The Morgan fingerprint density at radius 2 is 2.12 bits per heavy atom. The molecule has 0 saturated carbocycles. The summed E-state index contributed by atoms with van der Waals surface area (Å²) in [5.74, 6) is 0.242. The molecular formula is C17H15N3O4. The molecule has 2 aromatic rings. The maximum Gasteiger partial charge on any atom is 0.275 e. The van der Waals surface area contributed by atoms with Gasteiger partial charge in [-0.05, 0) is 35.9 Å². The maximum atomic E-state index is 11.9. The van der Waals surface area contributed by atoms with E-state index in [0.717, 1.165) is 0 Å². The van der Waals surface area contributed by atoms with Crippen LogP contribution in [0.5, 0.6) is 17.2 Å². The van der Waals surface area contributed by atoms with Gasteiger partial charge in [0.1, 0.15) is 11.8 Å². The number of rotatable bonds is 6. The van der Waals surface area contributed by atoms with Gasteiger partial charge in [0.15, 0.2) is 18.1 Å². The minimum Gasteiger partial charge on any atom is -0.507 e. The standard InChI is InChI=1S/C17H15N3O4/c1-23-16-10-12(6-7-15(16)24-9-8-18)11-19-20-17(22)13-4-2-3-5-14(13)21/h2-7,10-11,21H,9H2,1H3,(H,20,22)/b19-11-. The number of carbonyl (C=O) groups is 1. The molecule has 0 saturated heterocycles. The molecule has 7 nitrogen and oxygen atoms in total. The lowest BCUT2D eigenvalue weighted by Crippen LogP contribution is -2.17. The summed E-state index contributed by atoms with van der Waals surface area (Å²) in [4.78, 5) is 11.9. The van der Waals surface area contributed by atoms with E-state index in [9.17, 15) is 9.90 Å². The van der Waals surface area contributed by atoms with E-state index in [0.29, 0.717) is 17.1 Å². The Kier molecular flexibility index (Phi) is 5.75. The summed E-state index contributed by atoms with van der Waals surface area (Å²) in [7, 11) is 1.48. The van der Waals surface area contributed by atoms with E-state index in [1.165, 1.54) is 25.5 Å². The third kappa shape index (κ3) is 4.24. The molecule has 0 aromatic heterocycles. The van der Waals surface area contributed by atoms with Gasteiger partial charge >= 0.3 is 0 Å². The number of para-hydroxylation sites is 1. The molecule has 0 aliphatic heterocycles. The van der Waals surface area contributed by atoms with Gasteiger partial charge in [-0.15, -0.1) is 0 Å². The van der Waals surface area contributed by atoms with Gasteiger partial charge in [-0.2, -0.15) is 10.4 Å². The molecule has 24 heavy (non-hydrogen) atoms. The summed E-state index contributed by atoms with van der Waals surface area (Å²) in [5, 5.41) is 22.0. The van der Waals surface area contributed by atoms with Crippen molar-refractivity contribution in [2.75, 3.05) is 13.7 Å². The minimum absolute atomic E-state index is 0.0829. The monoisotopic (exact) mass is 325 g/mol. The highest BCUT2D eigenvalue weighted by molar-refractivity contribution is 5.97. The lowest BCUT2D eigenvalue weighted by molar-refractivity contribution is 0.0952. The Morgan fingerprint density at radius 1 is 1.33 bits per heavy atom. The quantitative estimate of drug-likeness (QED) is 0.625. The van der Waals surface area contributed by atoms with Gasteiger partial charge in [-0.25, -0.2) is 5.43 Å². The van der Waals surface area contributed by atoms with Gasteiger partial charge in [-0.1, -0.05) is 12.1 Å². The number of phenols is 1. The zero-order chi connectivity index (χ0) is 17.4. The fraction of sp³-hybridized carbons (Fsp3) is 0.118. The second-order valence-electron chi connectivity index (χ2n) is 4.57. The van der Waals surface area contributed by atoms with Gasteiger partial charge in [0, 0.05) is 0 Å². The number of amides is 1. The number of nitrogens with one attached hydrogen (secondary N) is 1. The second kappa shape index (κ2) is 8.19. The topological polar surface area (TPSA) is 104 Å². The lowest BCUT2D eigenvalue weighted by Gasteiger charge is -2.08. The first-order valence-electron chi connectivity index (χ1n) is 6.95. The molecule has 0 fully saturated rings. The van der Waals surface area contributed by atoms with Crippen molar-refractivity contribution in [3.8, 4) is 23.3 Å². The van der Waals surface area contributed by atoms with Gasteiger partial charge < -0.3 is 14.6 Å². The van der Waals surface area contributed by atoms with Crippen molar-refractivity contribution in [1.82, 2.24) is 5.43 Å². The van der Waals surface area contributed by atoms with E-state index in [1.807, 2.05) is 6.07 Å². The van der Waals surface area contributed by atoms with Crippen LogP contribution in [-0.4, -0.2) is 30.9 Å². The van der Waals surface area contributed by atoms with Crippen LogP contribution in [0.3, 0.4) is 0 Å². The van der Waals surface area contributed by atoms with Crippen molar-refractivity contribution in [3.05, 3.63) is 53.6 Å². The van der Waals surface area contributed by atoms with Crippen molar-refractivity contribution in [1.29, 1.82) is 5.26 Å². The number of ether oxygens (including phenoxy) is 2. The molecule has 0 aliphatic carbocycles. The summed E-state index contributed by atoms with van der Waals surface area (Å²) in [5.41, 5.74) is 3.12. The van der Waals surface area contributed by atoms with Gasteiger partial charge in [-0.3, -0.25) is 4.79 Å². The summed E-state index contributed by atoms with van der Waals surface area (Å²) in [6.45, 7) is -0.0829. The smallest absolute Gasteiger partial charge is 0.275 e. The number of phenolic OH excluding ortho intramolecular Hbond substituents is 1. The molecule has 0 radical (unpaired) electrons. The number of nitrogens with zero attached hydrogens (tertiary/aromatic N) is 2. The van der Waals surface area contributed by atoms with Crippen LogP contribution in [0.15, 0.2) is 47.6 Å². The molecule has 7 heteroatoms. The molecule has 2 N–H and O–H groups in total. The number of hydrogen-bond acceptors (Lipinski definition) is 6. The predicted molar refractivity (Wildman–Crippen MR) is 87.3 cm³/mol. The normalized spacial score (nSPS) is 10.2. The van der Waals surface area contributed by atoms with Crippen molar-refractivity contribution in [3.63, 3.8) is 0 Å². The van der Waals surface area contributed by atoms with Crippen LogP contribution < -0.4 is 14.9 Å². The van der Waals surface area contributed by atoms with Crippen LogP contribution >= 0.6 is 0 Å². The molecule has 0 bridgehead atoms. The number of methoxy groups -OCH3 is 1. The average Bonchev–Trinajstić information content (AvgIpc) is 2.60. The van der Waals surface area contributed by atoms with Crippen LogP contribution in [0, 0.1) is 11.3 Å². The SMILES string of the molecule is COc1cc(/C=N\NC(=O)c2ccccc2O)ccc1OCC#N. The van der Waals surface area contributed by atoms with Crippen LogP contribution in [0.2, 0.25) is 0 Å². The molecule has 0 unspecified atom stereocenters. The summed E-state index contributed by atoms with van der Waals surface area (Å²) < 4.78 is 10.4. The molecule has 2 aromatic carbocycles. The molecule has 0 heterocycles. The van der Waals surface area contributed by atoms with E-state index in [4.69, 9.17) is 14.7 Å². The Bertz CT molecular complexity index is 797. The highest BCUT2D eigenvalue weighted by atomic mass is 16.5. The Labute approximate surface area is 138 Å². The molecular weight excluding hydrogens is 310 g/mol. The average molecular weight is 325 g/mol. The van der Waals surface area contributed by atoms with Gasteiger partial charge in [0.2, 0.25) is 0 Å². The summed E-state index contributed by atoms with van der Waals surface area (Å²) in [6, 6.07) is 13.0. The van der Waals surface area contributed by atoms with Gasteiger partial charge in [0.05, 0.1) is 18.9 Å². The number of hydrogen-bond donors (Lipinski definition) is 2. The number of aromatic hydroxyl groups is 1. The molecule has 122 valence electrons. The zero-order valence-corrected chi connectivity index (χ0v) is 12.9. The minimum atomic E-state index is -0.523. The predicted octanol–water partition coefficient (Wildman–Crippen LogP) is 2.07. The Balaban J connectivity index is 2.05.